The summed E-state index contributed by atoms with van der Waals surface area (Å²) in [7, 11) is -3.46. The summed E-state index contributed by atoms with van der Waals surface area (Å²) in [5.74, 6) is 0. The van der Waals surface area contributed by atoms with Crippen molar-refractivity contribution in [1.82, 2.24) is 4.31 Å². The number of aryl methyl sites for hydroxylation is 1. The van der Waals surface area contributed by atoms with Gasteiger partial charge < -0.3 is 5.73 Å². The summed E-state index contributed by atoms with van der Waals surface area (Å²) in [5, 5.41) is 0. The Morgan fingerprint density at radius 3 is 2.35 bits per heavy atom. The maximum absolute atomic E-state index is 12.5. The molecule has 0 unspecified atom stereocenters. The van der Waals surface area contributed by atoms with Gasteiger partial charge in [0.15, 0.2) is 0 Å². The summed E-state index contributed by atoms with van der Waals surface area (Å²) in [6, 6.07) is 6.94. The van der Waals surface area contributed by atoms with E-state index in [-0.39, 0.29) is 6.04 Å². The summed E-state index contributed by atoms with van der Waals surface area (Å²) >= 11 is 0. The zero-order valence-electron chi connectivity index (χ0n) is 12.2. The van der Waals surface area contributed by atoms with Crippen LogP contribution in [-0.2, 0) is 16.4 Å². The van der Waals surface area contributed by atoms with Gasteiger partial charge in [-0.15, -0.1) is 6.58 Å². The van der Waals surface area contributed by atoms with Gasteiger partial charge in [-0.2, -0.15) is 4.31 Å². The third-order valence-electron chi connectivity index (χ3n) is 3.08. The van der Waals surface area contributed by atoms with Crippen LogP contribution in [0.4, 0.5) is 0 Å². The van der Waals surface area contributed by atoms with Crippen molar-refractivity contribution in [2.75, 3.05) is 13.1 Å². The van der Waals surface area contributed by atoms with Crippen molar-refractivity contribution >= 4 is 10.0 Å². The van der Waals surface area contributed by atoms with E-state index in [4.69, 9.17) is 5.73 Å². The number of hydrogen-bond acceptors (Lipinski definition) is 3. The molecule has 0 fully saturated rings. The second kappa shape index (κ2) is 7.57. The van der Waals surface area contributed by atoms with E-state index in [1.165, 1.54) is 4.31 Å². The Hall–Kier alpha value is -1.17. The molecule has 0 saturated carbocycles. The van der Waals surface area contributed by atoms with Gasteiger partial charge in [0.25, 0.3) is 0 Å². The van der Waals surface area contributed by atoms with Crippen molar-refractivity contribution in [2.45, 2.75) is 37.6 Å². The molecule has 20 heavy (non-hydrogen) atoms. The minimum atomic E-state index is -3.46. The SMILES string of the molecule is C=CCN(C(C)C)S(=O)(=O)c1ccc(CCCN)cc1. The van der Waals surface area contributed by atoms with Crippen molar-refractivity contribution in [3.05, 3.63) is 42.5 Å². The molecule has 1 rings (SSSR count). The van der Waals surface area contributed by atoms with Crippen LogP contribution in [0.25, 0.3) is 0 Å². The van der Waals surface area contributed by atoms with E-state index in [1.807, 2.05) is 26.0 Å². The third-order valence-corrected chi connectivity index (χ3v) is 5.14. The van der Waals surface area contributed by atoms with Crippen LogP contribution in [0.3, 0.4) is 0 Å². The van der Waals surface area contributed by atoms with E-state index in [9.17, 15) is 8.42 Å². The topological polar surface area (TPSA) is 63.4 Å². The average Bonchev–Trinajstić information content (AvgIpc) is 2.42. The fourth-order valence-corrected chi connectivity index (χ4v) is 3.59. The van der Waals surface area contributed by atoms with Gasteiger partial charge in [-0.25, -0.2) is 8.42 Å². The fourth-order valence-electron chi connectivity index (χ4n) is 1.98. The van der Waals surface area contributed by atoms with Crippen molar-refractivity contribution in [2.24, 2.45) is 5.73 Å². The van der Waals surface area contributed by atoms with Crippen LogP contribution in [0.2, 0.25) is 0 Å². The predicted molar refractivity (Wildman–Crippen MR) is 83.0 cm³/mol. The highest BCUT2D eigenvalue weighted by atomic mass is 32.2. The van der Waals surface area contributed by atoms with Gasteiger partial charge in [0.1, 0.15) is 0 Å². The Labute approximate surface area is 122 Å². The molecule has 112 valence electrons. The Morgan fingerprint density at radius 2 is 1.90 bits per heavy atom. The maximum atomic E-state index is 12.5. The van der Waals surface area contributed by atoms with Gasteiger partial charge in [-0.1, -0.05) is 18.2 Å². The Bertz CT molecular complexity index is 521. The molecule has 0 heterocycles. The zero-order valence-corrected chi connectivity index (χ0v) is 13.1. The molecule has 0 bridgehead atoms. The van der Waals surface area contributed by atoms with Crippen LogP contribution in [0, 0.1) is 0 Å². The van der Waals surface area contributed by atoms with Crippen molar-refractivity contribution < 1.29 is 8.42 Å². The van der Waals surface area contributed by atoms with Gasteiger partial charge in [0.2, 0.25) is 10.0 Å². The molecule has 4 nitrogen and oxygen atoms in total. The van der Waals surface area contributed by atoms with Gasteiger partial charge >= 0.3 is 0 Å². The lowest BCUT2D eigenvalue weighted by Gasteiger charge is -2.24. The molecule has 1 aromatic carbocycles. The number of sulfonamides is 1. The van der Waals surface area contributed by atoms with Crippen molar-refractivity contribution in [3.8, 4) is 0 Å². The fraction of sp³-hybridized carbons (Fsp3) is 0.467. The minimum absolute atomic E-state index is 0.102. The predicted octanol–water partition coefficient (Wildman–Crippen LogP) is 2.16. The van der Waals surface area contributed by atoms with Gasteiger partial charge in [-0.05, 0) is 50.9 Å². The normalized spacial score (nSPS) is 12.1. The highest BCUT2D eigenvalue weighted by molar-refractivity contribution is 7.89. The van der Waals surface area contributed by atoms with Crippen LogP contribution < -0.4 is 5.73 Å². The van der Waals surface area contributed by atoms with Gasteiger partial charge in [0.05, 0.1) is 4.90 Å². The molecule has 2 N–H and O–H groups in total. The monoisotopic (exact) mass is 296 g/mol. The van der Waals surface area contributed by atoms with Crippen LogP contribution in [0.5, 0.6) is 0 Å². The van der Waals surface area contributed by atoms with Crippen molar-refractivity contribution in [3.63, 3.8) is 0 Å². The summed E-state index contributed by atoms with van der Waals surface area (Å²) < 4.78 is 26.5. The standard InChI is InChI=1S/C15H24N2O2S/c1-4-12-17(13(2)3)20(18,19)15-9-7-14(8-10-15)6-5-11-16/h4,7-10,13H,1,5-6,11-12,16H2,2-3H3. The number of benzene rings is 1. The first-order valence-corrected chi connectivity index (χ1v) is 8.29. The molecule has 0 aliphatic carbocycles. The minimum Gasteiger partial charge on any atom is -0.330 e. The van der Waals surface area contributed by atoms with Crippen LogP contribution in [0.1, 0.15) is 25.8 Å². The first-order valence-electron chi connectivity index (χ1n) is 6.85. The first kappa shape index (κ1) is 16.9. The highest BCUT2D eigenvalue weighted by Gasteiger charge is 2.25. The molecule has 0 atom stereocenters. The molecule has 0 saturated heterocycles. The molecule has 0 aliphatic heterocycles. The summed E-state index contributed by atoms with van der Waals surface area (Å²) in [6.07, 6.45) is 3.38. The van der Waals surface area contributed by atoms with Gasteiger partial charge in [0, 0.05) is 12.6 Å². The Morgan fingerprint density at radius 1 is 1.30 bits per heavy atom. The summed E-state index contributed by atoms with van der Waals surface area (Å²) in [4.78, 5) is 0.324. The van der Waals surface area contributed by atoms with Crippen LogP contribution in [-0.4, -0.2) is 31.9 Å². The molecule has 0 aromatic heterocycles. The lowest BCUT2D eigenvalue weighted by molar-refractivity contribution is 0.383. The number of rotatable bonds is 8. The van der Waals surface area contributed by atoms with E-state index in [2.05, 4.69) is 6.58 Å². The Balaban J connectivity index is 2.99. The van der Waals surface area contributed by atoms with Crippen molar-refractivity contribution in [1.29, 1.82) is 0 Å². The van der Waals surface area contributed by atoms with E-state index >= 15 is 0 Å². The Kier molecular flexibility index (Phi) is 6.39. The summed E-state index contributed by atoms with van der Waals surface area (Å²) in [5.41, 5.74) is 6.58. The molecule has 0 aliphatic rings. The number of nitrogens with zero attached hydrogens (tertiary/aromatic N) is 1. The molecule has 1 aromatic rings. The lowest BCUT2D eigenvalue weighted by Crippen LogP contribution is -2.36. The second-order valence-electron chi connectivity index (χ2n) is 4.99. The van der Waals surface area contributed by atoms with Crippen LogP contribution >= 0.6 is 0 Å². The highest BCUT2D eigenvalue weighted by Crippen LogP contribution is 2.19. The smallest absolute Gasteiger partial charge is 0.243 e. The van der Waals surface area contributed by atoms with E-state index in [1.54, 1.807) is 18.2 Å². The number of hydrogen-bond donors (Lipinski definition) is 1. The van der Waals surface area contributed by atoms with E-state index in [0.717, 1.165) is 18.4 Å². The molecule has 0 radical (unpaired) electrons. The third kappa shape index (κ3) is 4.16. The van der Waals surface area contributed by atoms with Gasteiger partial charge in [-0.3, -0.25) is 0 Å². The molecule has 0 amide bonds. The zero-order chi connectivity index (χ0) is 15.2. The molecule has 0 spiro atoms. The quantitative estimate of drug-likeness (QED) is 0.748. The maximum Gasteiger partial charge on any atom is 0.243 e. The molecular weight excluding hydrogens is 272 g/mol. The van der Waals surface area contributed by atoms with Crippen LogP contribution in [0.15, 0.2) is 41.8 Å². The van der Waals surface area contributed by atoms with E-state index < -0.39 is 10.0 Å². The second-order valence-corrected chi connectivity index (χ2v) is 6.88. The molecular formula is C15H24N2O2S. The lowest BCUT2D eigenvalue weighted by atomic mass is 10.1. The molecule has 5 heteroatoms. The van der Waals surface area contributed by atoms with E-state index in [0.29, 0.717) is 18.0 Å². The first-order chi connectivity index (χ1) is 9.43. The number of nitrogens with two attached hydrogens (primary N) is 1. The summed E-state index contributed by atoms with van der Waals surface area (Å²) in [6.45, 7) is 8.29. The largest absolute Gasteiger partial charge is 0.330 e. The average molecular weight is 296 g/mol.